The van der Waals surface area contributed by atoms with Gasteiger partial charge in [-0.25, -0.2) is 0 Å². The molecule has 3 nitrogen and oxygen atoms in total. The normalized spacial score (nSPS) is 19.0. The van der Waals surface area contributed by atoms with E-state index in [1.807, 2.05) is 6.92 Å². The lowest BCUT2D eigenvalue weighted by molar-refractivity contribution is -0.139. The molecule has 0 saturated carbocycles. The first-order valence-electron chi connectivity index (χ1n) is 7.58. The monoisotopic (exact) mass is 314 g/mol. The molecule has 6 heteroatoms. The van der Waals surface area contributed by atoms with Crippen LogP contribution in [0.15, 0.2) is 24.3 Å². The number of hydrogen-bond acceptors (Lipinski definition) is 2. The number of amides is 1. The second-order valence-corrected chi connectivity index (χ2v) is 5.51. The van der Waals surface area contributed by atoms with Crippen molar-refractivity contribution in [3.8, 4) is 0 Å². The summed E-state index contributed by atoms with van der Waals surface area (Å²) < 4.78 is 39.2. The molecule has 0 bridgehead atoms. The molecule has 1 aromatic carbocycles. The van der Waals surface area contributed by atoms with Crippen LogP contribution >= 0.6 is 0 Å². The van der Waals surface area contributed by atoms with Crippen LogP contribution in [0.4, 0.5) is 13.2 Å². The molecule has 1 fully saturated rings. The van der Waals surface area contributed by atoms with Gasteiger partial charge in [0.15, 0.2) is 0 Å². The van der Waals surface area contributed by atoms with E-state index in [0.717, 1.165) is 32.0 Å². The lowest BCUT2D eigenvalue weighted by Crippen LogP contribution is -2.35. The molecule has 1 aromatic rings. The summed E-state index contributed by atoms with van der Waals surface area (Å²) in [7, 11) is 0. The van der Waals surface area contributed by atoms with Crippen molar-refractivity contribution >= 4 is 5.91 Å². The van der Waals surface area contributed by atoms with Gasteiger partial charge >= 0.3 is 6.18 Å². The van der Waals surface area contributed by atoms with Crippen LogP contribution in [0.3, 0.4) is 0 Å². The summed E-state index contributed by atoms with van der Waals surface area (Å²) in [4.78, 5) is 13.6. The van der Waals surface area contributed by atoms with Crippen LogP contribution in [0, 0.1) is 0 Å². The largest absolute Gasteiger partial charge is 0.416 e. The molecule has 1 N–H and O–H groups in total. The number of nitrogens with zero attached hydrogens (tertiary/aromatic N) is 1. The molecule has 0 radical (unpaired) electrons. The fourth-order valence-electron chi connectivity index (χ4n) is 2.87. The molecular formula is C16H21F3N2O. The number of nitrogens with one attached hydrogen (secondary N) is 1. The lowest BCUT2D eigenvalue weighted by atomic mass is 10.1. The second kappa shape index (κ2) is 7.13. The maximum atomic E-state index is 13.1. The van der Waals surface area contributed by atoms with Crippen molar-refractivity contribution in [2.45, 2.75) is 44.9 Å². The van der Waals surface area contributed by atoms with Crippen molar-refractivity contribution in [3.05, 3.63) is 35.4 Å². The van der Waals surface area contributed by atoms with Gasteiger partial charge in [0.1, 0.15) is 0 Å². The van der Waals surface area contributed by atoms with Gasteiger partial charge in [0.05, 0.1) is 5.56 Å². The zero-order chi connectivity index (χ0) is 16.2. The summed E-state index contributed by atoms with van der Waals surface area (Å²) >= 11 is 0. The van der Waals surface area contributed by atoms with Crippen molar-refractivity contribution in [2.75, 3.05) is 13.1 Å². The molecule has 0 spiro atoms. The third-order valence-corrected chi connectivity index (χ3v) is 4.02. The second-order valence-electron chi connectivity index (χ2n) is 5.51. The molecule has 1 unspecified atom stereocenters. The van der Waals surface area contributed by atoms with Gasteiger partial charge in [0, 0.05) is 19.0 Å². The van der Waals surface area contributed by atoms with Gasteiger partial charge in [0.2, 0.25) is 5.91 Å². The molecule has 122 valence electrons. The molecule has 2 rings (SSSR count). The Morgan fingerprint density at radius 2 is 2.05 bits per heavy atom. The molecular weight excluding hydrogens is 293 g/mol. The van der Waals surface area contributed by atoms with Crippen LogP contribution < -0.4 is 5.32 Å². The van der Waals surface area contributed by atoms with Crippen molar-refractivity contribution < 1.29 is 18.0 Å². The molecule has 1 aliphatic rings. The molecule has 0 aromatic heterocycles. The maximum Gasteiger partial charge on any atom is 0.416 e. The number of hydrogen-bond donors (Lipinski definition) is 1. The minimum absolute atomic E-state index is 0.0211. The number of carbonyl (C=O) groups excluding carboxylic acids is 1. The van der Waals surface area contributed by atoms with Crippen LogP contribution in [-0.2, 0) is 17.5 Å². The summed E-state index contributed by atoms with van der Waals surface area (Å²) in [6.07, 6.45) is -2.48. The van der Waals surface area contributed by atoms with E-state index in [1.54, 1.807) is 11.0 Å². The highest BCUT2D eigenvalue weighted by Crippen LogP contribution is 2.33. The van der Waals surface area contributed by atoms with Crippen LogP contribution in [-0.4, -0.2) is 29.9 Å². The summed E-state index contributed by atoms with van der Waals surface area (Å²) in [6, 6.07) is 5.51. The zero-order valence-electron chi connectivity index (χ0n) is 12.6. The smallest absolute Gasteiger partial charge is 0.335 e. The zero-order valence-corrected chi connectivity index (χ0v) is 12.6. The number of alkyl halides is 3. The Morgan fingerprint density at radius 3 is 2.73 bits per heavy atom. The Hall–Kier alpha value is -1.56. The molecule has 1 atom stereocenters. The van der Waals surface area contributed by atoms with E-state index < -0.39 is 11.7 Å². The van der Waals surface area contributed by atoms with Crippen LogP contribution in [0.25, 0.3) is 0 Å². The van der Waals surface area contributed by atoms with Crippen LogP contribution in [0.2, 0.25) is 0 Å². The van der Waals surface area contributed by atoms with E-state index in [-0.39, 0.29) is 24.1 Å². The van der Waals surface area contributed by atoms with E-state index in [2.05, 4.69) is 5.32 Å². The third-order valence-electron chi connectivity index (χ3n) is 4.02. The highest BCUT2D eigenvalue weighted by Gasteiger charge is 2.36. The van der Waals surface area contributed by atoms with E-state index in [4.69, 9.17) is 0 Å². The summed E-state index contributed by atoms with van der Waals surface area (Å²) in [5.74, 6) is -0.0570. The summed E-state index contributed by atoms with van der Waals surface area (Å²) in [6.45, 7) is 3.64. The maximum absolute atomic E-state index is 13.1. The Kier molecular flexibility index (Phi) is 5.45. The van der Waals surface area contributed by atoms with Crippen LogP contribution in [0.5, 0.6) is 0 Å². The third kappa shape index (κ3) is 4.00. The molecule has 1 aliphatic heterocycles. The first kappa shape index (κ1) is 16.8. The minimum atomic E-state index is -4.39. The van der Waals surface area contributed by atoms with Gasteiger partial charge < -0.3 is 10.2 Å². The first-order chi connectivity index (χ1) is 10.4. The van der Waals surface area contributed by atoms with E-state index in [0.29, 0.717) is 6.42 Å². The van der Waals surface area contributed by atoms with Gasteiger partial charge in [-0.3, -0.25) is 4.79 Å². The van der Waals surface area contributed by atoms with Crippen molar-refractivity contribution in [1.82, 2.24) is 10.2 Å². The average Bonchev–Trinajstić information content (AvgIpc) is 2.80. The topological polar surface area (TPSA) is 32.3 Å². The Morgan fingerprint density at radius 1 is 1.32 bits per heavy atom. The molecule has 0 aliphatic carbocycles. The average molecular weight is 314 g/mol. The van der Waals surface area contributed by atoms with Crippen molar-refractivity contribution in [3.63, 3.8) is 0 Å². The number of halogens is 3. The van der Waals surface area contributed by atoms with Gasteiger partial charge in [-0.2, -0.15) is 13.2 Å². The van der Waals surface area contributed by atoms with Gasteiger partial charge in [-0.1, -0.05) is 25.1 Å². The summed E-state index contributed by atoms with van der Waals surface area (Å²) in [5.41, 5.74) is -0.487. The van der Waals surface area contributed by atoms with E-state index >= 15 is 0 Å². The molecule has 1 heterocycles. The Labute approximate surface area is 128 Å². The minimum Gasteiger partial charge on any atom is -0.335 e. The number of carbonyl (C=O) groups is 1. The number of likely N-dealkylation sites (tertiary alicyclic amines) is 1. The predicted molar refractivity (Wildman–Crippen MR) is 78.2 cm³/mol. The Bertz CT molecular complexity index is 516. The highest BCUT2D eigenvalue weighted by atomic mass is 19.4. The Balaban J connectivity index is 2.12. The fraction of sp³-hybridized carbons (Fsp3) is 0.562. The summed E-state index contributed by atoms with van der Waals surface area (Å²) in [5, 5.41) is 3.19. The fourth-order valence-corrected chi connectivity index (χ4v) is 2.87. The standard InChI is InChI=1S/C16H21F3N2O/c1-2-20-10-9-13-7-8-15(22)21(13)11-12-5-3-4-6-14(12)16(17,18)19/h3-6,13,20H,2,7-11H2,1H3. The predicted octanol–water partition coefficient (Wildman–Crippen LogP) is 3.20. The lowest BCUT2D eigenvalue weighted by Gasteiger charge is -2.26. The van der Waals surface area contributed by atoms with Crippen LogP contribution in [0.1, 0.15) is 37.3 Å². The van der Waals surface area contributed by atoms with E-state index in [9.17, 15) is 18.0 Å². The van der Waals surface area contributed by atoms with Crippen molar-refractivity contribution in [2.24, 2.45) is 0 Å². The molecule has 1 amide bonds. The van der Waals surface area contributed by atoms with Gasteiger partial charge in [-0.15, -0.1) is 0 Å². The van der Waals surface area contributed by atoms with Gasteiger partial charge in [-0.05, 0) is 37.6 Å². The number of rotatable bonds is 6. The quantitative estimate of drug-likeness (QED) is 0.818. The molecule has 1 saturated heterocycles. The SMILES string of the molecule is CCNCCC1CCC(=O)N1Cc1ccccc1C(F)(F)F. The van der Waals surface area contributed by atoms with E-state index in [1.165, 1.54) is 12.1 Å². The van der Waals surface area contributed by atoms with Gasteiger partial charge in [0.25, 0.3) is 0 Å². The first-order valence-corrected chi connectivity index (χ1v) is 7.58. The highest BCUT2D eigenvalue weighted by molar-refractivity contribution is 5.78. The molecule has 22 heavy (non-hydrogen) atoms. The number of benzene rings is 1. The van der Waals surface area contributed by atoms with Crippen molar-refractivity contribution in [1.29, 1.82) is 0 Å².